The van der Waals surface area contributed by atoms with E-state index in [9.17, 15) is 27.5 Å². The van der Waals surface area contributed by atoms with Crippen LogP contribution in [0.25, 0.3) is 0 Å². The zero-order valence-corrected chi connectivity index (χ0v) is 18.2. The zero-order chi connectivity index (χ0) is 23.6. The molecule has 2 N–H and O–H groups in total. The van der Waals surface area contributed by atoms with Crippen LogP contribution in [0.2, 0.25) is 5.02 Å². The highest BCUT2D eigenvalue weighted by Gasteiger charge is 2.72. The van der Waals surface area contributed by atoms with E-state index in [4.69, 9.17) is 21.1 Å². The molecule has 12 heteroatoms. The first-order valence-electron chi connectivity index (χ1n) is 10.7. The van der Waals surface area contributed by atoms with Gasteiger partial charge in [-0.2, -0.15) is 0 Å². The molecule has 1 aromatic carbocycles. The van der Waals surface area contributed by atoms with Crippen LogP contribution >= 0.6 is 11.6 Å². The summed E-state index contributed by atoms with van der Waals surface area (Å²) in [5, 5.41) is 13.3. The van der Waals surface area contributed by atoms with Crippen molar-refractivity contribution in [2.24, 2.45) is 5.92 Å². The maximum Gasteiger partial charge on any atom is 0.522 e. The average molecular weight is 495 g/mol. The standard InChI is InChI=1S/C21H23ClF4N2O5/c22-14-2-1-12(5-15(14)23)31-7-17(29)27-19-8-20(9-19,10-19)28-6-16(32-18(28)30)11-3-13(4-11)33-21(24,25)26/h1-2,5,11,13,16,18,30H,3-4,6-10H2,(H,27,29)/t11-,13+,16?,18?,19?,20?. The number of halogens is 5. The molecule has 6 rings (SSSR count). The van der Waals surface area contributed by atoms with Gasteiger partial charge in [0.2, 0.25) is 6.41 Å². The van der Waals surface area contributed by atoms with E-state index in [1.54, 1.807) is 0 Å². The van der Waals surface area contributed by atoms with Gasteiger partial charge in [-0.15, -0.1) is 13.2 Å². The Balaban J connectivity index is 1.06. The Morgan fingerprint density at radius 3 is 2.64 bits per heavy atom. The summed E-state index contributed by atoms with van der Waals surface area (Å²) in [6, 6.07) is 3.93. The first-order valence-corrected chi connectivity index (χ1v) is 11.1. The molecule has 1 saturated heterocycles. The molecule has 0 radical (unpaired) electrons. The number of aliphatic hydroxyl groups is 1. The Morgan fingerprint density at radius 2 is 2.00 bits per heavy atom. The molecule has 4 saturated carbocycles. The third-order valence-corrected chi connectivity index (χ3v) is 7.48. The molecule has 4 aliphatic carbocycles. The molecule has 2 unspecified atom stereocenters. The van der Waals surface area contributed by atoms with Crippen LogP contribution in [0.3, 0.4) is 0 Å². The Bertz CT molecular complexity index is 922. The van der Waals surface area contributed by atoms with Gasteiger partial charge in [-0.05, 0) is 50.2 Å². The number of alkyl halides is 3. The molecule has 1 heterocycles. The van der Waals surface area contributed by atoms with E-state index in [0.717, 1.165) is 6.07 Å². The molecule has 1 aliphatic heterocycles. The smallest absolute Gasteiger partial charge is 0.484 e. The number of aliphatic hydroxyl groups excluding tert-OH is 1. The maximum atomic E-state index is 13.5. The van der Waals surface area contributed by atoms with Gasteiger partial charge < -0.3 is 19.9 Å². The van der Waals surface area contributed by atoms with Crippen molar-refractivity contribution < 1.29 is 41.7 Å². The SMILES string of the molecule is O=C(COc1ccc(Cl)c(F)c1)NC12CC(N3CC([C@H]4C[C@@H](OC(F)(F)F)C4)OC3O)(C1)C2. The number of nitrogens with zero attached hydrogens (tertiary/aromatic N) is 1. The van der Waals surface area contributed by atoms with Gasteiger partial charge in [-0.25, -0.2) is 9.29 Å². The summed E-state index contributed by atoms with van der Waals surface area (Å²) < 4.78 is 65.3. The lowest BCUT2D eigenvalue weighted by Gasteiger charge is -2.73. The Labute approximate surface area is 191 Å². The Hall–Kier alpha value is -1.66. The van der Waals surface area contributed by atoms with Crippen LogP contribution in [0.1, 0.15) is 32.1 Å². The second-order valence-electron chi connectivity index (χ2n) is 9.52. The number of ether oxygens (including phenoxy) is 3. The zero-order valence-electron chi connectivity index (χ0n) is 17.4. The molecule has 1 aromatic rings. The van der Waals surface area contributed by atoms with E-state index in [1.165, 1.54) is 12.1 Å². The van der Waals surface area contributed by atoms with E-state index >= 15 is 0 Å². The van der Waals surface area contributed by atoms with Gasteiger partial charge in [-0.1, -0.05) is 11.6 Å². The van der Waals surface area contributed by atoms with E-state index < -0.39 is 24.7 Å². The van der Waals surface area contributed by atoms with Crippen molar-refractivity contribution in [2.75, 3.05) is 13.2 Å². The van der Waals surface area contributed by atoms with Gasteiger partial charge in [0.05, 0.1) is 17.2 Å². The lowest BCUT2D eigenvalue weighted by atomic mass is 9.43. The number of hydrogen-bond acceptors (Lipinski definition) is 6. The number of rotatable bonds is 7. The average Bonchev–Trinajstić information content (AvgIpc) is 3.01. The third-order valence-electron chi connectivity index (χ3n) is 7.17. The van der Waals surface area contributed by atoms with E-state index in [2.05, 4.69) is 10.1 Å². The van der Waals surface area contributed by atoms with Gasteiger partial charge in [0, 0.05) is 23.7 Å². The molecule has 1 amide bonds. The van der Waals surface area contributed by atoms with Crippen LogP contribution in [0, 0.1) is 11.7 Å². The highest BCUT2D eigenvalue weighted by molar-refractivity contribution is 6.30. The number of carbonyl (C=O) groups excluding carboxylic acids is 1. The van der Waals surface area contributed by atoms with Crippen LogP contribution in [0.4, 0.5) is 17.6 Å². The van der Waals surface area contributed by atoms with E-state index in [0.29, 0.717) is 25.8 Å². The molecule has 182 valence electrons. The number of nitrogens with one attached hydrogen (secondary N) is 1. The summed E-state index contributed by atoms with van der Waals surface area (Å²) in [6.07, 6.45) is -4.56. The second-order valence-corrected chi connectivity index (χ2v) is 9.93. The topological polar surface area (TPSA) is 80.3 Å². The van der Waals surface area contributed by atoms with Crippen molar-refractivity contribution in [2.45, 2.75) is 68.2 Å². The molecular weight excluding hydrogens is 472 g/mol. The number of amides is 1. The van der Waals surface area contributed by atoms with Gasteiger partial charge in [-0.3, -0.25) is 9.53 Å². The van der Waals surface area contributed by atoms with Gasteiger partial charge in [0.1, 0.15) is 11.6 Å². The monoisotopic (exact) mass is 494 g/mol. The van der Waals surface area contributed by atoms with Crippen molar-refractivity contribution in [3.8, 4) is 5.75 Å². The fourth-order valence-corrected chi connectivity index (χ4v) is 5.78. The summed E-state index contributed by atoms with van der Waals surface area (Å²) in [6.45, 7) is 0.163. The molecule has 2 atom stereocenters. The predicted molar refractivity (Wildman–Crippen MR) is 106 cm³/mol. The van der Waals surface area contributed by atoms with Crippen LogP contribution in [-0.2, 0) is 14.3 Å². The summed E-state index contributed by atoms with van der Waals surface area (Å²) >= 11 is 5.62. The molecule has 5 aliphatic rings. The van der Waals surface area contributed by atoms with Crippen LogP contribution in [-0.4, -0.2) is 65.1 Å². The van der Waals surface area contributed by atoms with E-state index in [-0.39, 0.29) is 59.2 Å². The molecule has 33 heavy (non-hydrogen) atoms. The first-order chi connectivity index (χ1) is 15.5. The Kier molecular flexibility index (Phi) is 5.56. The summed E-state index contributed by atoms with van der Waals surface area (Å²) in [5.74, 6) is -0.859. The molecule has 0 aromatic heterocycles. The van der Waals surface area contributed by atoms with Gasteiger partial charge >= 0.3 is 6.36 Å². The fourth-order valence-electron chi connectivity index (χ4n) is 5.66. The summed E-state index contributed by atoms with van der Waals surface area (Å²) in [4.78, 5) is 14.1. The van der Waals surface area contributed by atoms with E-state index in [1.807, 2.05) is 4.90 Å². The quantitative estimate of drug-likeness (QED) is 0.567. The van der Waals surface area contributed by atoms with Crippen molar-refractivity contribution in [3.63, 3.8) is 0 Å². The number of benzene rings is 1. The highest BCUT2D eigenvalue weighted by Crippen LogP contribution is 2.64. The molecule has 5 fully saturated rings. The van der Waals surface area contributed by atoms with Crippen LogP contribution < -0.4 is 10.1 Å². The van der Waals surface area contributed by atoms with Crippen LogP contribution in [0.15, 0.2) is 18.2 Å². The fraction of sp³-hybridized carbons (Fsp3) is 0.667. The predicted octanol–water partition coefficient (Wildman–Crippen LogP) is 2.94. The second kappa shape index (κ2) is 7.94. The molecule has 7 nitrogen and oxygen atoms in total. The van der Waals surface area contributed by atoms with Gasteiger partial charge in [0.15, 0.2) is 6.61 Å². The number of carbonyl (C=O) groups is 1. The number of hydrogen-bond donors (Lipinski definition) is 2. The van der Waals surface area contributed by atoms with Crippen molar-refractivity contribution in [1.29, 1.82) is 0 Å². The third kappa shape index (κ3) is 4.41. The lowest BCUT2D eigenvalue weighted by Crippen LogP contribution is -2.84. The minimum absolute atomic E-state index is 0.0342. The normalized spacial score (nSPS) is 37.6. The first kappa shape index (κ1) is 23.1. The largest absolute Gasteiger partial charge is 0.522 e. The minimum Gasteiger partial charge on any atom is -0.484 e. The van der Waals surface area contributed by atoms with Crippen molar-refractivity contribution >= 4 is 17.5 Å². The van der Waals surface area contributed by atoms with Crippen LogP contribution in [0.5, 0.6) is 5.75 Å². The minimum atomic E-state index is -4.64. The molecule has 0 spiro atoms. The summed E-state index contributed by atoms with van der Waals surface area (Å²) in [7, 11) is 0. The summed E-state index contributed by atoms with van der Waals surface area (Å²) in [5.41, 5.74) is -0.654. The lowest BCUT2D eigenvalue weighted by molar-refractivity contribution is -0.356. The maximum absolute atomic E-state index is 13.5. The highest BCUT2D eigenvalue weighted by atomic mass is 35.5. The molecule has 2 bridgehead atoms. The Morgan fingerprint density at radius 1 is 1.30 bits per heavy atom. The molecular formula is C21H23ClF4N2O5. The van der Waals surface area contributed by atoms with Crippen molar-refractivity contribution in [3.05, 3.63) is 29.0 Å². The van der Waals surface area contributed by atoms with Crippen molar-refractivity contribution in [1.82, 2.24) is 10.2 Å². The van der Waals surface area contributed by atoms with Gasteiger partial charge in [0.25, 0.3) is 5.91 Å².